The number of rotatable bonds is 6. The number of carbonyl (C=O) groups excluding carboxylic acids is 1. The molecule has 2 N–H and O–H groups in total. The van der Waals surface area contributed by atoms with Crippen molar-refractivity contribution >= 4 is 27.3 Å². The van der Waals surface area contributed by atoms with Gasteiger partial charge in [0.25, 0.3) is 15.9 Å². The third-order valence-corrected chi connectivity index (χ3v) is 5.57. The van der Waals surface area contributed by atoms with Gasteiger partial charge in [0.2, 0.25) is 0 Å². The number of methoxy groups -OCH3 is 1. The number of benzene rings is 3. The zero-order valence-electron chi connectivity index (χ0n) is 15.8. The minimum atomic E-state index is -3.84. The fourth-order valence-corrected chi connectivity index (χ4v) is 3.62. The highest BCUT2D eigenvalue weighted by molar-refractivity contribution is 7.92. The maximum absolute atomic E-state index is 13.7. The zero-order valence-corrected chi connectivity index (χ0v) is 16.6. The number of hydrogen-bond donors (Lipinski definition) is 2. The Bertz CT molecular complexity index is 1150. The summed E-state index contributed by atoms with van der Waals surface area (Å²) in [7, 11) is -2.35. The van der Waals surface area contributed by atoms with Crippen LogP contribution in [0.2, 0.25) is 0 Å². The van der Waals surface area contributed by atoms with E-state index >= 15 is 0 Å². The second-order valence-corrected chi connectivity index (χ2v) is 7.96. The highest BCUT2D eigenvalue weighted by atomic mass is 32.2. The fraction of sp³-hybridized carbons (Fsp3) is 0.0952. The molecule has 0 atom stereocenters. The van der Waals surface area contributed by atoms with Crippen LogP contribution in [0.4, 0.5) is 15.8 Å². The average Bonchev–Trinajstić information content (AvgIpc) is 2.70. The van der Waals surface area contributed by atoms with Crippen molar-refractivity contribution in [3.05, 3.63) is 83.7 Å². The van der Waals surface area contributed by atoms with Crippen molar-refractivity contribution in [3.8, 4) is 5.75 Å². The summed E-state index contributed by atoms with van der Waals surface area (Å²) in [5.74, 6) is -0.377. The Morgan fingerprint density at radius 1 is 0.966 bits per heavy atom. The van der Waals surface area contributed by atoms with Gasteiger partial charge in [-0.25, -0.2) is 12.8 Å². The lowest BCUT2D eigenvalue weighted by Gasteiger charge is -2.11. The van der Waals surface area contributed by atoms with E-state index in [1.54, 1.807) is 37.3 Å². The lowest BCUT2D eigenvalue weighted by Crippen LogP contribution is -2.15. The minimum absolute atomic E-state index is 0.0586. The second kappa shape index (κ2) is 8.32. The van der Waals surface area contributed by atoms with E-state index in [-0.39, 0.29) is 16.1 Å². The number of hydrogen-bond acceptors (Lipinski definition) is 4. The molecule has 3 rings (SSSR count). The Kier molecular flexibility index (Phi) is 5.84. The SMILES string of the molecule is COc1ccc(S(=O)(=O)Nc2cccc(C(=O)Nc3ccc(C)c(F)c3)c2)cc1. The summed E-state index contributed by atoms with van der Waals surface area (Å²) in [6.45, 7) is 1.62. The first kappa shape index (κ1) is 20.3. The number of sulfonamides is 1. The van der Waals surface area contributed by atoms with E-state index in [4.69, 9.17) is 4.74 Å². The number of carbonyl (C=O) groups is 1. The van der Waals surface area contributed by atoms with E-state index in [1.165, 1.54) is 43.5 Å². The van der Waals surface area contributed by atoms with Crippen LogP contribution < -0.4 is 14.8 Å². The molecule has 6 nitrogen and oxygen atoms in total. The Morgan fingerprint density at radius 3 is 2.34 bits per heavy atom. The van der Waals surface area contributed by atoms with Gasteiger partial charge in [0.15, 0.2) is 0 Å². The molecule has 0 radical (unpaired) electrons. The summed E-state index contributed by atoms with van der Waals surface area (Å²) in [5, 5.41) is 2.59. The van der Waals surface area contributed by atoms with Crippen molar-refractivity contribution in [2.75, 3.05) is 17.1 Å². The van der Waals surface area contributed by atoms with Crippen molar-refractivity contribution in [2.24, 2.45) is 0 Å². The summed E-state index contributed by atoms with van der Waals surface area (Å²) in [4.78, 5) is 12.5. The van der Waals surface area contributed by atoms with Crippen molar-refractivity contribution in [3.63, 3.8) is 0 Å². The van der Waals surface area contributed by atoms with E-state index in [2.05, 4.69) is 10.0 Å². The van der Waals surface area contributed by atoms with Crippen LogP contribution in [0.5, 0.6) is 5.75 Å². The smallest absolute Gasteiger partial charge is 0.261 e. The maximum atomic E-state index is 13.7. The van der Waals surface area contributed by atoms with E-state index < -0.39 is 21.7 Å². The van der Waals surface area contributed by atoms with Crippen LogP contribution in [-0.4, -0.2) is 21.4 Å². The highest BCUT2D eigenvalue weighted by Crippen LogP contribution is 2.21. The number of halogens is 1. The standard InChI is InChI=1S/C21H19FN2O4S/c1-14-6-7-16(13-20(14)22)23-21(25)15-4-3-5-17(12-15)24-29(26,27)19-10-8-18(28-2)9-11-19/h3-13,24H,1-2H3,(H,23,25). The number of aryl methyl sites for hydroxylation is 1. The van der Waals surface area contributed by atoms with Gasteiger partial charge < -0.3 is 10.1 Å². The number of amides is 1. The van der Waals surface area contributed by atoms with Gasteiger partial charge in [-0.2, -0.15) is 0 Å². The largest absolute Gasteiger partial charge is 0.497 e. The van der Waals surface area contributed by atoms with Crippen LogP contribution in [0, 0.1) is 12.7 Å². The monoisotopic (exact) mass is 414 g/mol. The average molecular weight is 414 g/mol. The molecule has 0 saturated carbocycles. The minimum Gasteiger partial charge on any atom is -0.497 e. The third-order valence-electron chi connectivity index (χ3n) is 4.18. The summed E-state index contributed by atoms with van der Waals surface area (Å²) in [6, 6.07) is 16.3. The molecule has 0 bridgehead atoms. The van der Waals surface area contributed by atoms with Crippen LogP contribution in [0.1, 0.15) is 15.9 Å². The fourth-order valence-electron chi connectivity index (χ4n) is 2.57. The lowest BCUT2D eigenvalue weighted by molar-refractivity contribution is 0.102. The normalized spacial score (nSPS) is 11.0. The van der Waals surface area contributed by atoms with Crippen molar-refractivity contribution < 1.29 is 22.3 Å². The molecule has 3 aromatic carbocycles. The van der Waals surface area contributed by atoms with Gasteiger partial charge in [-0.1, -0.05) is 12.1 Å². The molecule has 150 valence electrons. The Balaban J connectivity index is 1.77. The molecule has 0 aromatic heterocycles. The first-order chi connectivity index (χ1) is 13.8. The van der Waals surface area contributed by atoms with Gasteiger partial charge in [0, 0.05) is 16.9 Å². The van der Waals surface area contributed by atoms with Gasteiger partial charge in [0.1, 0.15) is 11.6 Å². The highest BCUT2D eigenvalue weighted by Gasteiger charge is 2.15. The predicted molar refractivity (Wildman–Crippen MR) is 109 cm³/mol. The van der Waals surface area contributed by atoms with Crippen molar-refractivity contribution in [2.45, 2.75) is 11.8 Å². The van der Waals surface area contributed by atoms with Crippen molar-refractivity contribution in [1.82, 2.24) is 0 Å². The molecule has 0 aliphatic rings. The summed E-state index contributed by atoms with van der Waals surface area (Å²) < 4.78 is 46.2. The molecule has 0 aliphatic carbocycles. The third kappa shape index (κ3) is 4.91. The Hall–Kier alpha value is -3.39. The Labute approximate surface area is 168 Å². The molecule has 0 spiro atoms. The van der Waals surface area contributed by atoms with E-state index in [1.807, 2.05) is 0 Å². The number of ether oxygens (including phenoxy) is 1. The molecule has 0 saturated heterocycles. The van der Waals surface area contributed by atoms with Gasteiger partial charge in [-0.15, -0.1) is 0 Å². The van der Waals surface area contributed by atoms with E-state index in [0.717, 1.165) is 0 Å². The summed E-state index contributed by atoms with van der Waals surface area (Å²) >= 11 is 0. The van der Waals surface area contributed by atoms with Crippen LogP contribution >= 0.6 is 0 Å². The van der Waals surface area contributed by atoms with Gasteiger partial charge in [-0.3, -0.25) is 9.52 Å². The molecule has 0 fully saturated rings. The van der Waals surface area contributed by atoms with E-state index in [9.17, 15) is 17.6 Å². The molecule has 0 heterocycles. The predicted octanol–water partition coefficient (Wildman–Crippen LogP) is 4.20. The molecule has 29 heavy (non-hydrogen) atoms. The molecule has 0 aliphatic heterocycles. The van der Waals surface area contributed by atoms with E-state index in [0.29, 0.717) is 17.0 Å². The van der Waals surface area contributed by atoms with Crippen LogP contribution in [0.25, 0.3) is 0 Å². The van der Waals surface area contributed by atoms with Crippen LogP contribution in [0.15, 0.2) is 71.6 Å². The maximum Gasteiger partial charge on any atom is 0.261 e. The molecule has 8 heteroatoms. The second-order valence-electron chi connectivity index (χ2n) is 6.28. The molecular weight excluding hydrogens is 395 g/mol. The molecule has 3 aromatic rings. The summed E-state index contributed by atoms with van der Waals surface area (Å²) in [6.07, 6.45) is 0. The topological polar surface area (TPSA) is 84.5 Å². The van der Waals surface area contributed by atoms with Crippen LogP contribution in [0.3, 0.4) is 0 Å². The van der Waals surface area contributed by atoms with Crippen LogP contribution in [-0.2, 0) is 10.0 Å². The molecule has 0 unspecified atom stereocenters. The van der Waals surface area contributed by atoms with Gasteiger partial charge in [-0.05, 0) is 67.1 Å². The van der Waals surface area contributed by atoms with Crippen molar-refractivity contribution in [1.29, 1.82) is 0 Å². The number of nitrogens with one attached hydrogen (secondary N) is 2. The lowest BCUT2D eigenvalue weighted by atomic mass is 10.1. The quantitative estimate of drug-likeness (QED) is 0.633. The molecule has 1 amide bonds. The summed E-state index contributed by atoms with van der Waals surface area (Å²) in [5.41, 5.74) is 1.23. The Morgan fingerprint density at radius 2 is 1.69 bits per heavy atom. The zero-order chi connectivity index (χ0) is 21.0. The van der Waals surface area contributed by atoms with Gasteiger partial charge >= 0.3 is 0 Å². The first-order valence-electron chi connectivity index (χ1n) is 8.63. The molecular formula is C21H19FN2O4S. The van der Waals surface area contributed by atoms with Gasteiger partial charge in [0.05, 0.1) is 12.0 Å². The number of anilines is 2. The first-order valence-corrected chi connectivity index (χ1v) is 10.1.